The van der Waals surface area contributed by atoms with Gasteiger partial charge >= 0.3 is 0 Å². The molecule has 1 saturated heterocycles. The van der Waals surface area contributed by atoms with Gasteiger partial charge in [0.2, 0.25) is 11.8 Å². The van der Waals surface area contributed by atoms with Gasteiger partial charge in [0.15, 0.2) is 0 Å². The summed E-state index contributed by atoms with van der Waals surface area (Å²) in [6.45, 7) is 5.21. The van der Waals surface area contributed by atoms with Gasteiger partial charge < -0.3 is 16.0 Å². The highest BCUT2D eigenvalue weighted by Gasteiger charge is 2.40. The van der Waals surface area contributed by atoms with E-state index in [0.29, 0.717) is 24.5 Å². The predicted molar refractivity (Wildman–Crippen MR) is 82.8 cm³/mol. The predicted octanol–water partition coefficient (Wildman–Crippen LogP) is 0.760. The number of hydrogen-bond acceptors (Lipinski definition) is 4. The molecule has 2 amide bonds. The largest absolute Gasteiger partial charge is 0.399 e. The maximum atomic E-state index is 12.2. The Morgan fingerprint density at radius 2 is 1.90 bits per heavy atom. The molecule has 0 radical (unpaired) electrons. The molecule has 0 saturated carbocycles. The lowest BCUT2D eigenvalue weighted by atomic mass is 9.98. The Morgan fingerprint density at radius 3 is 2.52 bits per heavy atom. The van der Waals surface area contributed by atoms with E-state index < -0.39 is 5.54 Å². The molecule has 0 aliphatic carbocycles. The summed E-state index contributed by atoms with van der Waals surface area (Å²) in [6, 6.07) is 6.99. The lowest BCUT2D eigenvalue weighted by Gasteiger charge is -2.44. The summed E-state index contributed by atoms with van der Waals surface area (Å²) in [5, 5.41) is 2.82. The van der Waals surface area contributed by atoms with E-state index in [1.807, 2.05) is 18.7 Å². The average Bonchev–Trinajstić information content (AvgIpc) is 2.43. The summed E-state index contributed by atoms with van der Waals surface area (Å²) < 4.78 is 0. The van der Waals surface area contributed by atoms with Crippen LogP contribution >= 0.6 is 0 Å². The SMILES string of the molecule is CN1CCN(CC(=O)Nc2ccc(N)cc2)C(C)(C)C1=O. The van der Waals surface area contributed by atoms with E-state index in [-0.39, 0.29) is 18.4 Å². The second-order valence-electron chi connectivity index (χ2n) is 5.88. The minimum atomic E-state index is -0.661. The number of carbonyl (C=O) groups is 2. The van der Waals surface area contributed by atoms with E-state index in [2.05, 4.69) is 5.32 Å². The lowest BCUT2D eigenvalue weighted by Crippen LogP contribution is -2.63. The van der Waals surface area contributed by atoms with Gasteiger partial charge in [0, 0.05) is 31.5 Å². The molecule has 2 rings (SSSR count). The van der Waals surface area contributed by atoms with Gasteiger partial charge in [-0.15, -0.1) is 0 Å². The molecule has 21 heavy (non-hydrogen) atoms. The van der Waals surface area contributed by atoms with Gasteiger partial charge in [-0.3, -0.25) is 14.5 Å². The number of rotatable bonds is 3. The molecule has 1 heterocycles. The number of nitrogens with two attached hydrogens (primary N) is 1. The molecule has 0 bridgehead atoms. The molecule has 1 aromatic carbocycles. The quantitative estimate of drug-likeness (QED) is 0.806. The molecule has 114 valence electrons. The maximum Gasteiger partial charge on any atom is 0.242 e. The standard InChI is InChI=1S/C15H22N4O2/c1-15(2)14(21)18(3)8-9-19(15)10-13(20)17-12-6-4-11(16)5-7-12/h4-7H,8-10,16H2,1-3H3,(H,17,20). The van der Waals surface area contributed by atoms with Crippen LogP contribution in [-0.2, 0) is 9.59 Å². The summed E-state index contributed by atoms with van der Waals surface area (Å²) in [6.07, 6.45) is 0. The average molecular weight is 290 g/mol. The van der Waals surface area contributed by atoms with Crippen LogP contribution in [0.2, 0.25) is 0 Å². The minimum absolute atomic E-state index is 0.0361. The van der Waals surface area contributed by atoms with Crippen molar-refractivity contribution in [3.05, 3.63) is 24.3 Å². The number of nitrogens with zero attached hydrogens (tertiary/aromatic N) is 2. The Balaban J connectivity index is 1.99. The van der Waals surface area contributed by atoms with Crippen molar-refractivity contribution in [2.75, 3.05) is 37.7 Å². The first-order valence-corrected chi connectivity index (χ1v) is 6.96. The number of piperazine rings is 1. The third-order valence-electron chi connectivity index (χ3n) is 3.89. The Bertz CT molecular complexity index is 539. The van der Waals surface area contributed by atoms with Crippen molar-refractivity contribution >= 4 is 23.2 Å². The van der Waals surface area contributed by atoms with Crippen molar-refractivity contribution in [3.63, 3.8) is 0 Å². The van der Waals surface area contributed by atoms with Crippen molar-refractivity contribution in [3.8, 4) is 0 Å². The number of anilines is 2. The molecule has 0 atom stereocenters. The molecule has 0 unspecified atom stereocenters. The zero-order chi connectivity index (χ0) is 15.6. The summed E-state index contributed by atoms with van der Waals surface area (Å²) >= 11 is 0. The minimum Gasteiger partial charge on any atom is -0.399 e. The van der Waals surface area contributed by atoms with Crippen LogP contribution in [-0.4, -0.2) is 53.8 Å². The van der Waals surface area contributed by atoms with Gasteiger partial charge in [-0.2, -0.15) is 0 Å². The van der Waals surface area contributed by atoms with Crippen molar-refractivity contribution in [2.45, 2.75) is 19.4 Å². The first-order chi connectivity index (χ1) is 9.80. The van der Waals surface area contributed by atoms with Gasteiger partial charge in [-0.05, 0) is 38.1 Å². The number of nitrogens with one attached hydrogen (secondary N) is 1. The maximum absolute atomic E-state index is 12.2. The Labute approximate surface area is 124 Å². The van der Waals surface area contributed by atoms with Gasteiger partial charge in [0.1, 0.15) is 0 Å². The van der Waals surface area contributed by atoms with Crippen LogP contribution in [0.25, 0.3) is 0 Å². The van der Waals surface area contributed by atoms with E-state index in [1.54, 1.807) is 36.2 Å². The van der Waals surface area contributed by atoms with Crippen molar-refractivity contribution < 1.29 is 9.59 Å². The Morgan fingerprint density at radius 1 is 1.29 bits per heavy atom. The fourth-order valence-corrected chi connectivity index (χ4v) is 2.47. The van der Waals surface area contributed by atoms with E-state index in [0.717, 1.165) is 0 Å². The topological polar surface area (TPSA) is 78.7 Å². The second-order valence-corrected chi connectivity index (χ2v) is 5.88. The molecular formula is C15H22N4O2. The number of nitrogen functional groups attached to an aromatic ring is 1. The fourth-order valence-electron chi connectivity index (χ4n) is 2.47. The molecule has 1 aliphatic rings. The summed E-state index contributed by atoms with van der Waals surface area (Å²) in [7, 11) is 1.79. The highest BCUT2D eigenvalue weighted by molar-refractivity contribution is 5.93. The molecule has 1 fully saturated rings. The van der Waals surface area contributed by atoms with Crippen molar-refractivity contribution in [2.24, 2.45) is 0 Å². The van der Waals surface area contributed by atoms with E-state index >= 15 is 0 Å². The van der Waals surface area contributed by atoms with Crippen LogP contribution in [0, 0.1) is 0 Å². The molecule has 6 heteroatoms. The third-order valence-corrected chi connectivity index (χ3v) is 3.89. The molecule has 0 aromatic heterocycles. The van der Waals surface area contributed by atoms with E-state index in [1.165, 1.54) is 0 Å². The summed E-state index contributed by atoms with van der Waals surface area (Å²) in [5.41, 5.74) is 6.30. The molecule has 1 aliphatic heterocycles. The van der Waals surface area contributed by atoms with Crippen LogP contribution in [0.4, 0.5) is 11.4 Å². The van der Waals surface area contributed by atoms with Crippen LogP contribution in [0.1, 0.15) is 13.8 Å². The monoisotopic (exact) mass is 290 g/mol. The second kappa shape index (κ2) is 5.73. The first-order valence-electron chi connectivity index (χ1n) is 6.96. The van der Waals surface area contributed by atoms with Crippen LogP contribution < -0.4 is 11.1 Å². The number of hydrogen-bond donors (Lipinski definition) is 2. The number of amides is 2. The molecule has 0 spiro atoms. The molecular weight excluding hydrogens is 268 g/mol. The van der Waals surface area contributed by atoms with Crippen LogP contribution in [0.3, 0.4) is 0 Å². The number of benzene rings is 1. The Kier molecular flexibility index (Phi) is 4.18. The summed E-state index contributed by atoms with van der Waals surface area (Å²) in [5.74, 6) is -0.0979. The van der Waals surface area contributed by atoms with Crippen molar-refractivity contribution in [1.82, 2.24) is 9.80 Å². The zero-order valence-electron chi connectivity index (χ0n) is 12.7. The smallest absolute Gasteiger partial charge is 0.242 e. The summed E-state index contributed by atoms with van der Waals surface area (Å²) in [4.78, 5) is 27.9. The third kappa shape index (κ3) is 3.33. The molecule has 6 nitrogen and oxygen atoms in total. The van der Waals surface area contributed by atoms with E-state index in [4.69, 9.17) is 5.73 Å². The van der Waals surface area contributed by atoms with Gasteiger partial charge in [0.25, 0.3) is 0 Å². The zero-order valence-corrected chi connectivity index (χ0v) is 12.7. The first kappa shape index (κ1) is 15.3. The van der Waals surface area contributed by atoms with Gasteiger partial charge in [-0.1, -0.05) is 0 Å². The highest BCUT2D eigenvalue weighted by Crippen LogP contribution is 2.21. The normalized spacial score (nSPS) is 18.6. The Hall–Kier alpha value is -2.08. The van der Waals surface area contributed by atoms with Crippen molar-refractivity contribution in [1.29, 1.82) is 0 Å². The molecule has 1 aromatic rings. The highest BCUT2D eigenvalue weighted by atomic mass is 16.2. The van der Waals surface area contributed by atoms with Crippen LogP contribution in [0.15, 0.2) is 24.3 Å². The van der Waals surface area contributed by atoms with Crippen LogP contribution in [0.5, 0.6) is 0 Å². The van der Waals surface area contributed by atoms with Gasteiger partial charge in [-0.25, -0.2) is 0 Å². The molecule has 3 N–H and O–H groups in total. The van der Waals surface area contributed by atoms with Gasteiger partial charge in [0.05, 0.1) is 12.1 Å². The fraction of sp³-hybridized carbons (Fsp3) is 0.467. The number of likely N-dealkylation sites (N-methyl/N-ethyl adjacent to an activating group) is 1. The lowest BCUT2D eigenvalue weighted by molar-refractivity contribution is -0.147. The van der Waals surface area contributed by atoms with E-state index in [9.17, 15) is 9.59 Å². The number of carbonyl (C=O) groups excluding carboxylic acids is 2.